The average Bonchev–Trinajstić information content (AvgIpc) is 3.23. The van der Waals surface area contributed by atoms with Crippen LogP contribution in [0.15, 0.2) is 88.3 Å². The van der Waals surface area contributed by atoms with E-state index in [1.165, 1.54) is 0 Å². The molecule has 8 heteroatoms. The molecule has 0 saturated heterocycles. The first-order valence-corrected chi connectivity index (χ1v) is 13.5. The Labute approximate surface area is 216 Å². The molecule has 188 valence electrons. The van der Waals surface area contributed by atoms with E-state index >= 15 is 0 Å². The van der Waals surface area contributed by atoms with Crippen LogP contribution in [0.25, 0.3) is 22.0 Å². The molecule has 1 N–H and O–H groups in total. The van der Waals surface area contributed by atoms with Gasteiger partial charge in [0.1, 0.15) is 18.1 Å². The van der Waals surface area contributed by atoms with Gasteiger partial charge >= 0.3 is 0 Å². The van der Waals surface area contributed by atoms with Crippen molar-refractivity contribution in [3.63, 3.8) is 0 Å². The summed E-state index contributed by atoms with van der Waals surface area (Å²) in [6.07, 6.45) is 0.822. The van der Waals surface area contributed by atoms with Crippen molar-refractivity contribution in [2.45, 2.75) is 38.7 Å². The molecule has 2 aromatic heterocycles. The number of rotatable bonds is 8. The van der Waals surface area contributed by atoms with Gasteiger partial charge in [0.25, 0.3) is 10.0 Å². The summed E-state index contributed by atoms with van der Waals surface area (Å²) in [4.78, 5) is 4.83. The monoisotopic (exact) mass is 513 g/mol. The van der Waals surface area contributed by atoms with Gasteiger partial charge < -0.3 is 9.26 Å². The Morgan fingerprint density at radius 1 is 0.946 bits per heavy atom. The first kappa shape index (κ1) is 24.5. The Hall–Kier alpha value is -4.17. The number of benzene rings is 3. The highest BCUT2D eigenvalue weighted by Crippen LogP contribution is 2.31. The normalized spacial score (nSPS) is 11.5. The number of pyridine rings is 1. The van der Waals surface area contributed by atoms with Crippen molar-refractivity contribution >= 4 is 26.7 Å². The van der Waals surface area contributed by atoms with Crippen molar-refractivity contribution in [3.05, 3.63) is 101 Å². The molecule has 0 aliphatic rings. The topological polar surface area (TPSA) is 94.3 Å². The lowest BCUT2D eigenvalue weighted by Gasteiger charge is -2.13. The van der Waals surface area contributed by atoms with Gasteiger partial charge in [-0.1, -0.05) is 66.7 Å². The average molecular weight is 514 g/mol. The summed E-state index contributed by atoms with van der Waals surface area (Å²) in [6.45, 7) is 5.94. The molecule has 5 aromatic rings. The van der Waals surface area contributed by atoms with Crippen molar-refractivity contribution in [1.29, 1.82) is 0 Å². The third-order valence-electron chi connectivity index (χ3n) is 6.32. The number of nitrogens with one attached hydrogen (secondary N) is 1. The third kappa shape index (κ3) is 5.06. The number of hydrogen-bond acceptors (Lipinski definition) is 6. The second-order valence-corrected chi connectivity index (χ2v) is 10.4. The summed E-state index contributed by atoms with van der Waals surface area (Å²) < 4.78 is 40.3. The second-order valence-electron chi connectivity index (χ2n) is 8.78. The Kier molecular flexibility index (Phi) is 6.67. The van der Waals surface area contributed by atoms with E-state index in [-0.39, 0.29) is 10.7 Å². The minimum Gasteiger partial charge on any atom is -0.488 e. The van der Waals surface area contributed by atoms with Gasteiger partial charge in [-0.15, -0.1) is 0 Å². The summed E-state index contributed by atoms with van der Waals surface area (Å²) in [5.41, 5.74) is 4.88. The van der Waals surface area contributed by atoms with E-state index in [0.29, 0.717) is 23.5 Å². The number of aryl methyl sites for hydroxylation is 2. The van der Waals surface area contributed by atoms with E-state index in [0.717, 1.165) is 39.9 Å². The predicted molar refractivity (Wildman–Crippen MR) is 144 cm³/mol. The Bertz CT molecular complexity index is 1680. The van der Waals surface area contributed by atoms with Crippen molar-refractivity contribution in [3.8, 4) is 16.9 Å². The molecule has 0 bridgehead atoms. The number of sulfonamides is 1. The quantitative estimate of drug-likeness (QED) is 0.256. The van der Waals surface area contributed by atoms with Gasteiger partial charge in [-0.2, -0.15) is 0 Å². The van der Waals surface area contributed by atoms with Crippen LogP contribution in [0.3, 0.4) is 0 Å². The molecule has 0 aliphatic carbocycles. The highest BCUT2D eigenvalue weighted by atomic mass is 32.2. The first-order chi connectivity index (χ1) is 17.9. The van der Waals surface area contributed by atoms with Crippen molar-refractivity contribution in [2.75, 3.05) is 4.72 Å². The van der Waals surface area contributed by atoms with Gasteiger partial charge in [0.15, 0.2) is 5.82 Å². The van der Waals surface area contributed by atoms with Gasteiger partial charge in [0, 0.05) is 28.3 Å². The number of anilines is 1. The SMILES string of the molecule is CCc1cc(OCc2ccc(-c3ccccc3S(=O)(=O)Nc3noc(C)c3C)cc2)c2ccccc2n1. The van der Waals surface area contributed by atoms with Crippen LogP contribution in [-0.2, 0) is 23.1 Å². The van der Waals surface area contributed by atoms with Gasteiger partial charge in [-0.05, 0) is 49.6 Å². The summed E-state index contributed by atoms with van der Waals surface area (Å²) >= 11 is 0. The molecule has 5 rings (SSSR count). The molecule has 0 amide bonds. The molecule has 3 aromatic carbocycles. The van der Waals surface area contributed by atoms with Crippen LogP contribution in [0.5, 0.6) is 5.75 Å². The molecule has 37 heavy (non-hydrogen) atoms. The summed E-state index contributed by atoms with van der Waals surface area (Å²) in [5.74, 6) is 1.55. The van der Waals surface area contributed by atoms with E-state index in [1.54, 1.807) is 32.0 Å². The molecule has 0 unspecified atom stereocenters. The highest BCUT2D eigenvalue weighted by molar-refractivity contribution is 7.92. The zero-order valence-electron chi connectivity index (χ0n) is 20.9. The van der Waals surface area contributed by atoms with Crippen LogP contribution in [0, 0.1) is 13.8 Å². The zero-order valence-corrected chi connectivity index (χ0v) is 21.7. The zero-order chi connectivity index (χ0) is 26.0. The lowest BCUT2D eigenvalue weighted by atomic mass is 10.0. The number of nitrogens with zero attached hydrogens (tertiary/aromatic N) is 2. The fourth-order valence-corrected chi connectivity index (χ4v) is 5.36. The maximum absolute atomic E-state index is 13.2. The molecular weight excluding hydrogens is 486 g/mol. The largest absolute Gasteiger partial charge is 0.488 e. The van der Waals surface area contributed by atoms with Crippen LogP contribution in [0.2, 0.25) is 0 Å². The number of fused-ring (bicyclic) bond motifs is 1. The molecule has 2 heterocycles. The maximum Gasteiger partial charge on any atom is 0.263 e. The van der Waals surface area contributed by atoms with Crippen LogP contribution < -0.4 is 9.46 Å². The molecule has 0 aliphatic heterocycles. The first-order valence-electron chi connectivity index (χ1n) is 12.0. The molecule has 0 radical (unpaired) electrons. The standard InChI is InChI=1S/C29H27N3O4S/c1-4-23-17-27(25-10-5-7-11-26(25)30-23)35-18-21-13-15-22(16-14-21)24-9-6-8-12-28(24)37(33,34)32-29-19(2)20(3)36-31-29/h5-17H,4,18H2,1-3H3,(H,31,32). The van der Waals surface area contributed by atoms with Gasteiger partial charge in [0.2, 0.25) is 0 Å². The molecule has 0 saturated carbocycles. The van der Waals surface area contributed by atoms with E-state index in [9.17, 15) is 8.42 Å². The predicted octanol–water partition coefficient (Wildman–Crippen LogP) is 6.45. The second kappa shape index (κ2) is 10.1. The lowest BCUT2D eigenvalue weighted by molar-refractivity contribution is 0.309. The van der Waals surface area contributed by atoms with Crippen LogP contribution in [0.1, 0.15) is 29.5 Å². The molecule has 0 atom stereocenters. The van der Waals surface area contributed by atoms with Crippen molar-refractivity contribution in [1.82, 2.24) is 10.1 Å². The van der Waals surface area contributed by atoms with E-state index in [1.807, 2.05) is 60.7 Å². The fourth-order valence-electron chi connectivity index (χ4n) is 4.07. The van der Waals surface area contributed by atoms with Crippen molar-refractivity contribution in [2.24, 2.45) is 0 Å². The Balaban J connectivity index is 1.38. The maximum atomic E-state index is 13.2. The van der Waals surface area contributed by atoms with Crippen LogP contribution >= 0.6 is 0 Å². The third-order valence-corrected chi connectivity index (χ3v) is 7.71. The minimum atomic E-state index is -3.89. The number of ether oxygens (including phenoxy) is 1. The van der Waals surface area contributed by atoms with E-state index in [4.69, 9.17) is 9.26 Å². The Morgan fingerprint density at radius 2 is 1.68 bits per heavy atom. The van der Waals surface area contributed by atoms with Gasteiger partial charge in [-0.25, -0.2) is 8.42 Å². The van der Waals surface area contributed by atoms with Crippen molar-refractivity contribution < 1.29 is 17.7 Å². The molecular formula is C29H27N3O4S. The number of aromatic nitrogens is 2. The van der Waals surface area contributed by atoms with Crippen LogP contribution in [-0.4, -0.2) is 18.6 Å². The highest BCUT2D eigenvalue weighted by Gasteiger charge is 2.22. The minimum absolute atomic E-state index is 0.161. The summed E-state index contributed by atoms with van der Waals surface area (Å²) in [6, 6.07) is 24.5. The Morgan fingerprint density at radius 3 is 2.41 bits per heavy atom. The molecule has 0 spiro atoms. The van der Waals surface area contributed by atoms with E-state index < -0.39 is 10.0 Å². The van der Waals surface area contributed by atoms with Gasteiger partial charge in [-0.3, -0.25) is 9.71 Å². The number of para-hydroxylation sites is 1. The fraction of sp³-hybridized carbons (Fsp3) is 0.172. The number of hydrogen-bond donors (Lipinski definition) is 1. The van der Waals surface area contributed by atoms with E-state index in [2.05, 4.69) is 21.8 Å². The molecule has 0 fully saturated rings. The van der Waals surface area contributed by atoms with Gasteiger partial charge in [0.05, 0.1) is 10.4 Å². The smallest absolute Gasteiger partial charge is 0.263 e. The summed E-state index contributed by atoms with van der Waals surface area (Å²) in [5, 5.41) is 4.80. The molecule has 7 nitrogen and oxygen atoms in total. The van der Waals surface area contributed by atoms with Crippen LogP contribution in [0.4, 0.5) is 5.82 Å². The lowest BCUT2D eigenvalue weighted by Crippen LogP contribution is -2.15. The summed E-state index contributed by atoms with van der Waals surface area (Å²) in [7, 11) is -3.89.